The van der Waals surface area contributed by atoms with Gasteiger partial charge in [0.05, 0.1) is 22.5 Å². The molecule has 0 saturated carbocycles. The van der Waals surface area contributed by atoms with Gasteiger partial charge in [-0.05, 0) is 12.1 Å². The Bertz CT molecular complexity index is 549. The highest BCUT2D eigenvalue weighted by atomic mass is 16.6. The molecule has 0 spiro atoms. The first-order chi connectivity index (χ1) is 7.59. The van der Waals surface area contributed by atoms with Crippen molar-refractivity contribution in [1.82, 2.24) is 10.2 Å². The van der Waals surface area contributed by atoms with Crippen molar-refractivity contribution in [2.75, 3.05) is 5.73 Å². The maximum atomic E-state index is 10.6. The van der Waals surface area contributed by atoms with Crippen LogP contribution in [0.1, 0.15) is 0 Å². The van der Waals surface area contributed by atoms with Crippen LogP contribution in [0.2, 0.25) is 0 Å². The molecule has 2 rings (SSSR count). The Morgan fingerprint density at radius 2 is 2.25 bits per heavy atom. The van der Waals surface area contributed by atoms with Crippen molar-refractivity contribution < 1.29 is 10.0 Å². The number of rotatable bonds is 2. The van der Waals surface area contributed by atoms with E-state index in [9.17, 15) is 15.2 Å². The number of aromatic nitrogens is 2. The van der Waals surface area contributed by atoms with Crippen LogP contribution < -0.4 is 5.73 Å². The Balaban J connectivity index is 2.56. The van der Waals surface area contributed by atoms with Crippen molar-refractivity contribution in [1.29, 1.82) is 0 Å². The van der Waals surface area contributed by atoms with E-state index < -0.39 is 4.92 Å². The molecule has 7 heteroatoms. The van der Waals surface area contributed by atoms with E-state index in [1.807, 2.05) is 0 Å². The van der Waals surface area contributed by atoms with E-state index in [0.717, 1.165) is 0 Å². The van der Waals surface area contributed by atoms with Gasteiger partial charge in [-0.15, -0.1) is 0 Å². The summed E-state index contributed by atoms with van der Waals surface area (Å²) < 4.78 is 0. The Morgan fingerprint density at radius 3 is 2.81 bits per heavy atom. The molecule has 0 aliphatic carbocycles. The molecule has 0 radical (unpaired) electrons. The van der Waals surface area contributed by atoms with E-state index in [1.54, 1.807) is 0 Å². The molecule has 0 fully saturated rings. The molecule has 7 nitrogen and oxygen atoms in total. The monoisotopic (exact) mass is 220 g/mol. The highest BCUT2D eigenvalue weighted by molar-refractivity contribution is 5.74. The van der Waals surface area contributed by atoms with Gasteiger partial charge in [0.2, 0.25) is 0 Å². The molecule has 2 aromatic rings. The number of benzene rings is 1. The van der Waals surface area contributed by atoms with E-state index in [4.69, 9.17) is 5.73 Å². The van der Waals surface area contributed by atoms with Gasteiger partial charge in [0.25, 0.3) is 0 Å². The van der Waals surface area contributed by atoms with Crippen LogP contribution in [0.25, 0.3) is 11.3 Å². The van der Waals surface area contributed by atoms with Crippen LogP contribution in [-0.2, 0) is 0 Å². The minimum atomic E-state index is -0.661. The highest BCUT2D eigenvalue weighted by Gasteiger charge is 2.15. The van der Waals surface area contributed by atoms with Gasteiger partial charge in [0.1, 0.15) is 0 Å². The zero-order valence-corrected chi connectivity index (χ0v) is 8.04. The number of phenols is 1. The topological polar surface area (TPSA) is 118 Å². The van der Waals surface area contributed by atoms with E-state index in [2.05, 4.69) is 10.2 Å². The zero-order chi connectivity index (χ0) is 11.7. The van der Waals surface area contributed by atoms with Crippen LogP contribution in [0, 0.1) is 10.1 Å². The third kappa shape index (κ3) is 1.54. The van der Waals surface area contributed by atoms with E-state index >= 15 is 0 Å². The number of aromatic hydroxyl groups is 1. The van der Waals surface area contributed by atoms with Gasteiger partial charge in [-0.2, -0.15) is 5.10 Å². The van der Waals surface area contributed by atoms with Gasteiger partial charge in [-0.1, -0.05) is 0 Å². The largest absolute Gasteiger partial charge is 0.502 e. The average molecular weight is 220 g/mol. The number of hydrogen-bond donors (Lipinski definition) is 3. The fourth-order valence-electron chi connectivity index (χ4n) is 1.35. The summed E-state index contributed by atoms with van der Waals surface area (Å²) >= 11 is 0. The van der Waals surface area contributed by atoms with Crippen LogP contribution in [0.4, 0.5) is 11.4 Å². The number of phenolic OH excluding ortho intramolecular Hbond substituents is 1. The van der Waals surface area contributed by atoms with Crippen LogP contribution in [0.5, 0.6) is 5.75 Å². The van der Waals surface area contributed by atoms with Crippen molar-refractivity contribution in [2.24, 2.45) is 0 Å². The molecule has 0 unspecified atom stereocenters. The summed E-state index contributed by atoms with van der Waals surface area (Å²) in [6.45, 7) is 0. The Hall–Kier alpha value is -2.57. The van der Waals surface area contributed by atoms with Crippen molar-refractivity contribution in [2.45, 2.75) is 0 Å². The summed E-state index contributed by atoms with van der Waals surface area (Å²) in [6.07, 6.45) is 1.41. The number of nitrogens with one attached hydrogen (secondary N) is 1. The lowest BCUT2D eigenvalue weighted by molar-refractivity contribution is -0.385. The molecule has 4 N–H and O–H groups in total. The minimum Gasteiger partial charge on any atom is -0.502 e. The predicted octanol–water partition coefficient (Wildman–Crippen LogP) is 1.27. The molecule has 0 atom stereocenters. The molecule has 16 heavy (non-hydrogen) atoms. The Labute approximate surface area is 89.7 Å². The van der Waals surface area contributed by atoms with Gasteiger partial charge in [-0.3, -0.25) is 15.2 Å². The number of H-pyrrole nitrogens is 1. The van der Waals surface area contributed by atoms with Gasteiger partial charge >= 0.3 is 5.69 Å². The van der Waals surface area contributed by atoms with Crippen molar-refractivity contribution in [3.05, 3.63) is 34.5 Å². The van der Waals surface area contributed by atoms with E-state index in [0.29, 0.717) is 16.9 Å². The standard InChI is InChI=1S/C9H8N4O3/c10-6-4-11-12-9(6)5-1-2-8(14)7(3-5)13(15)16/h1-4,14H,10H2,(H,11,12). The summed E-state index contributed by atoms with van der Waals surface area (Å²) in [7, 11) is 0. The zero-order valence-electron chi connectivity index (χ0n) is 8.04. The first-order valence-electron chi connectivity index (χ1n) is 4.36. The molecule has 1 heterocycles. The Morgan fingerprint density at radius 1 is 1.50 bits per heavy atom. The molecule has 0 aliphatic heterocycles. The van der Waals surface area contributed by atoms with E-state index in [1.165, 1.54) is 24.4 Å². The van der Waals surface area contributed by atoms with E-state index in [-0.39, 0.29) is 11.4 Å². The molecule has 82 valence electrons. The molecule has 0 aliphatic rings. The lowest BCUT2D eigenvalue weighted by Gasteiger charge is -2.01. The quantitative estimate of drug-likeness (QED) is 0.520. The van der Waals surface area contributed by atoms with Crippen LogP contribution >= 0.6 is 0 Å². The van der Waals surface area contributed by atoms with Gasteiger partial charge in [0.15, 0.2) is 5.75 Å². The maximum absolute atomic E-state index is 10.6. The number of nitro benzene ring substituents is 1. The SMILES string of the molecule is Nc1cn[nH]c1-c1ccc(O)c([N+](=O)[O-])c1. The molecule has 0 bridgehead atoms. The molecule has 0 saturated heterocycles. The lowest BCUT2D eigenvalue weighted by Crippen LogP contribution is -1.91. The first-order valence-corrected chi connectivity index (χ1v) is 4.36. The third-order valence-corrected chi connectivity index (χ3v) is 2.13. The van der Waals surface area contributed by atoms with Gasteiger partial charge < -0.3 is 10.8 Å². The average Bonchev–Trinajstić information content (AvgIpc) is 2.65. The second kappa shape index (κ2) is 3.54. The molecule has 1 aromatic heterocycles. The number of nitrogen functional groups attached to an aromatic ring is 1. The number of anilines is 1. The second-order valence-electron chi connectivity index (χ2n) is 3.16. The summed E-state index contributed by atoms with van der Waals surface area (Å²) in [5.41, 5.74) is 6.62. The summed E-state index contributed by atoms with van der Waals surface area (Å²) in [6, 6.07) is 4.00. The minimum absolute atomic E-state index is 0.369. The summed E-state index contributed by atoms with van der Waals surface area (Å²) in [4.78, 5) is 9.96. The number of nitro groups is 1. The first kappa shape index (κ1) is 9.97. The lowest BCUT2D eigenvalue weighted by atomic mass is 10.1. The maximum Gasteiger partial charge on any atom is 0.311 e. The third-order valence-electron chi connectivity index (χ3n) is 2.13. The molecular formula is C9H8N4O3. The number of aromatic amines is 1. The highest BCUT2D eigenvalue weighted by Crippen LogP contribution is 2.32. The predicted molar refractivity (Wildman–Crippen MR) is 56.8 cm³/mol. The van der Waals surface area contributed by atoms with Crippen LogP contribution in [0.15, 0.2) is 24.4 Å². The second-order valence-corrected chi connectivity index (χ2v) is 3.16. The number of nitrogens with two attached hydrogens (primary N) is 1. The number of hydrogen-bond acceptors (Lipinski definition) is 5. The summed E-state index contributed by atoms with van der Waals surface area (Å²) in [5, 5.41) is 26.2. The van der Waals surface area contributed by atoms with Crippen molar-refractivity contribution >= 4 is 11.4 Å². The van der Waals surface area contributed by atoms with Crippen LogP contribution in [-0.4, -0.2) is 20.2 Å². The number of nitrogens with zero attached hydrogens (tertiary/aromatic N) is 2. The molecular weight excluding hydrogens is 212 g/mol. The fourth-order valence-corrected chi connectivity index (χ4v) is 1.35. The molecule has 0 amide bonds. The summed E-state index contributed by atoms with van der Waals surface area (Å²) in [5.74, 6) is -0.383. The van der Waals surface area contributed by atoms with Crippen molar-refractivity contribution in [3.8, 4) is 17.0 Å². The van der Waals surface area contributed by atoms with Crippen LogP contribution in [0.3, 0.4) is 0 Å². The fraction of sp³-hybridized carbons (Fsp3) is 0. The van der Waals surface area contributed by atoms with Gasteiger partial charge in [-0.25, -0.2) is 0 Å². The van der Waals surface area contributed by atoms with Crippen molar-refractivity contribution in [3.63, 3.8) is 0 Å². The smallest absolute Gasteiger partial charge is 0.311 e. The Kier molecular flexibility index (Phi) is 2.20. The normalized spacial score (nSPS) is 10.2. The molecule has 1 aromatic carbocycles. The van der Waals surface area contributed by atoms with Gasteiger partial charge in [0, 0.05) is 11.6 Å².